The van der Waals surface area contributed by atoms with E-state index < -0.39 is 22.5 Å². The molecule has 0 saturated carbocycles. The number of nitrogens with zero attached hydrogens (tertiary/aromatic N) is 2. The van der Waals surface area contributed by atoms with E-state index in [4.69, 9.17) is 14.2 Å². The molecule has 0 aliphatic rings. The van der Waals surface area contributed by atoms with E-state index in [2.05, 4.69) is 10.5 Å². The summed E-state index contributed by atoms with van der Waals surface area (Å²) in [7, 11) is 0.475. The molecule has 10 heteroatoms. The number of sulfonamides is 1. The molecular weight excluding hydrogens is 482 g/mol. The van der Waals surface area contributed by atoms with Gasteiger partial charge in [0.15, 0.2) is 11.5 Å². The molecule has 0 aromatic heterocycles. The summed E-state index contributed by atoms with van der Waals surface area (Å²) < 4.78 is 44.0. The van der Waals surface area contributed by atoms with Gasteiger partial charge in [0.1, 0.15) is 6.54 Å². The van der Waals surface area contributed by atoms with Crippen molar-refractivity contribution in [1.82, 2.24) is 5.43 Å². The lowest BCUT2D eigenvalue weighted by atomic mass is 10.1. The summed E-state index contributed by atoms with van der Waals surface area (Å²) in [6.45, 7) is 3.25. The van der Waals surface area contributed by atoms with Gasteiger partial charge in [0.25, 0.3) is 15.9 Å². The molecule has 9 nitrogen and oxygen atoms in total. The van der Waals surface area contributed by atoms with Crippen LogP contribution in [-0.4, -0.2) is 48.4 Å². The number of methoxy groups -OCH3 is 3. The summed E-state index contributed by atoms with van der Waals surface area (Å²) in [6, 6.07) is 16.7. The fraction of sp³-hybridized carbons (Fsp3) is 0.231. The van der Waals surface area contributed by atoms with E-state index >= 15 is 0 Å². The lowest BCUT2D eigenvalue weighted by molar-refractivity contribution is -0.119. The summed E-state index contributed by atoms with van der Waals surface area (Å²) in [5.41, 5.74) is 5.09. The number of aryl methyl sites for hydroxylation is 2. The zero-order valence-corrected chi connectivity index (χ0v) is 21.6. The number of anilines is 1. The average Bonchev–Trinajstić information content (AvgIpc) is 2.87. The Balaban J connectivity index is 1.86. The van der Waals surface area contributed by atoms with Crippen molar-refractivity contribution in [3.63, 3.8) is 0 Å². The van der Waals surface area contributed by atoms with Gasteiger partial charge in [-0.3, -0.25) is 9.10 Å². The molecular formula is C26H29N3O6S. The third kappa shape index (κ3) is 5.95. The van der Waals surface area contributed by atoms with Gasteiger partial charge in [0, 0.05) is 5.56 Å². The Hall–Kier alpha value is -4.05. The van der Waals surface area contributed by atoms with Crippen molar-refractivity contribution in [2.24, 2.45) is 5.10 Å². The third-order valence-corrected chi connectivity index (χ3v) is 7.10. The minimum absolute atomic E-state index is 0.0821. The third-order valence-electron chi connectivity index (χ3n) is 5.33. The van der Waals surface area contributed by atoms with Gasteiger partial charge in [-0.1, -0.05) is 35.9 Å². The fourth-order valence-corrected chi connectivity index (χ4v) is 5.13. The van der Waals surface area contributed by atoms with Crippen LogP contribution in [0.3, 0.4) is 0 Å². The maximum atomic E-state index is 13.5. The average molecular weight is 512 g/mol. The second kappa shape index (κ2) is 11.6. The van der Waals surface area contributed by atoms with Crippen molar-refractivity contribution in [2.45, 2.75) is 18.7 Å². The quantitative estimate of drug-likeness (QED) is 0.329. The first kappa shape index (κ1) is 26.6. The number of ether oxygens (including phenoxy) is 3. The Morgan fingerprint density at radius 3 is 2.14 bits per heavy atom. The summed E-state index contributed by atoms with van der Waals surface area (Å²) in [4.78, 5) is 12.9. The number of rotatable bonds is 10. The number of hydrogen-bond donors (Lipinski definition) is 1. The Morgan fingerprint density at radius 2 is 1.58 bits per heavy atom. The van der Waals surface area contributed by atoms with Gasteiger partial charge in [-0.2, -0.15) is 5.10 Å². The standard InChI is InChI=1S/C26H29N3O6S/c1-18-11-12-22(19(2)13-18)29(36(31,32)21-9-7-6-8-10-21)17-25(30)28-27-16-20-14-23(33-3)26(35-5)24(15-20)34-4/h6-16H,17H2,1-5H3,(H,28,30)/b27-16-. The van der Waals surface area contributed by atoms with Crippen LogP contribution in [0.4, 0.5) is 5.69 Å². The van der Waals surface area contributed by atoms with Crippen LogP contribution in [0.5, 0.6) is 17.2 Å². The van der Waals surface area contributed by atoms with Crippen molar-refractivity contribution in [2.75, 3.05) is 32.2 Å². The summed E-state index contributed by atoms with van der Waals surface area (Å²) in [6.07, 6.45) is 1.40. The van der Waals surface area contributed by atoms with Gasteiger partial charge in [-0.25, -0.2) is 13.8 Å². The molecule has 0 fully saturated rings. The highest BCUT2D eigenvalue weighted by atomic mass is 32.2. The van der Waals surface area contributed by atoms with Crippen molar-refractivity contribution < 1.29 is 27.4 Å². The smallest absolute Gasteiger partial charge is 0.264 e. The minimum atomic E-state index is -4.01. The normalized spacial score (nSPS) is 11.2. The van der Waals surface area contributed by atoms with Gasteiger partial charge < -0.3 is 14.2 Å². The summed E-state index contributed by atoms with van der Waals surface area (Å²) >= 11 is 0. The molecule has 0 aliphatic heterocycles. The van der Waals surface area contributed by atoms with Crippen LogP contribution < -0.4 is 23.9 Å². The van der Waals surface area contributed by atoms with Crippen LogP contribution in [0.1, 0.15) is 16.7 Å². The van der Waals surface area contributed by atoms with Gasteiger partial charge >= 0.3 is 0 Å². The zero-order chi connectivity index (χ0) is 26.3. The molecule has 190 valence electrons. The first-order valence-corrected chi connectivity index (χ1v) is 12.4. The number of hydrogen-bond acceptors (Lipinski definition) is 7. The molecule has 1 N–H and O–H groups in total. The molecule has 0 heterocycles. The van der Waals surface area contributed by atoms with Crippen molar-refractivity contribution in [1.29, 1.82) is 0 Å². The SMILES string of the molecule is COc1cc(/C=N\NC(=O)CN(c2ccc(C)cc2C)S(=O)(=O)c2ccccc2)cc(OC)c1OC. The van der Waals surface area contributed by atoms with Gasteiger partial charge in [-0.05, 0) is 49.7 Å². The van der Waals surface area contributed by atoms with Gasteiger partial charge in [-0.15, -0.1) is 0 Å². The first-order chi connectivity index (χ1) is 17.2. The summed E-state index contributed by atoms with van der Waals surface area (Å²) in [5.74, 6) is 0.675. The topological polar surface area (TPSA) is 107 Å². The van der Waals surface area contributed by atoms with Crippen LogP contribution in [0.15, 0.2) is 70.7 Å². The number of amides is 1. The first-order valence-electron chi connectivity index (χ1n) is 11.0. The van der Waals surface area contributed by atoms with Gasteiger partial charge in [0.05, 0.1) is 38.1 Å². The molecule has 3 aromatic carbocycles. The Bertz CT molecular complexity index is 1330. The molecule has 36 heavy (non-hydrogen) atoms. The molecule has 0 aliphatic carbocycles. The van der Waals surface area contributed by atoms with E-state index in [1.54, 1.807) is 49.4 Å². The number of benzene rings is 3. The predicted molar refractivity (Wildman–Crippen MR) is 139 cm³/mol. The zero-order valence-electron chi connectivity index (χ0n) is 20.8. The van der Waals surface area contributed by atoms with Crippen LogP contribution >= 0.6 is 0 Å². The van der Waals surface area contributed by atoms with Crippen LogP contribution in [0, 0.1) is 13.8 Å². The highest BCUT2D eigenvalue weighted by Gasteiger charge is 2.28. The number of carbonyl (C=O) groups excluding carboxylic acids is 1. The highest BCUT2D eigenvalue weighted by molar-refractivity contribution is 7.92. The number of nitrogens with one attached hydrogen (secondary N) is 1. The fourth-order valence-electron chi connectivity index (χ4n) is 3.63. The number of carbonyl (C=O) groups is 1. The Kier molecular flexibility index (Phi) is 8.55. The van der Waals surface area contributed by atoms with Crippen LogP contribution in [-0.2, 0) is 14.8 Å². The molecule has 3 rings (SSSR count). The largest absolute Gasteiger partial charge is 0.493 e. The van der Waals surface area contributed by atoms with E-state index in [-0.39, 0.29) is 4.90 Å². The molecule has 0 radical (unpaired) electrons. The molecule has 0 bridgehead atoms. The molecule has 0 unspecified atom stereocenters. The maximum absolute atomic E-state index is 13.5. The lowest BCUT2D eigenvalue weighted by Gasteiger charge is -2.25. The van der Waals surface area contributed by atoms with E-state index in [1.807, 2.05) is 13.0 Å². The van der Waals surface area contributed by atoms with E-state index in [9.17, 15) is 13.2 Å². The van der Waals surface area contributed by atoms with Crippen LogP contribution in [0.2, 0.25) is 0 Å². The minimum Gasteiger partial charge on any atom is -0.493 e. The van der Waals surface area contributed by atoms with Gasteiger partial charge in [0.2, 0.25) is 5.75 Å². The van der Waals surface area contributed by atoms with E-state index in [0.29, 0.717) is 28.5 Å². The molecule has 0 saturated heterocycles. The Labute approximate surface area is 211 Å². The van der Waals surface area contributed by atoms with Crippen molar-refractivity contribution >= 4 is 27.8 Å². The van der Waals surface area contributed by atoms with Crippen molar-refractivity contribution in [3.8, 4) is 17.2 Å². The van der Waals surface area contributed by atoms with E-state index in [0.717, 1.165) is 15.4 Å². The molecule has 1 amide bonds. The van der Waals surface area contributed by atoms with E-state index in [1.165, 1.54) is 39.7 Å². The molecule has 0 spiro atoms. The Morgan fingerprint density at radius 1 is 0.944 bits per heavy atom. The highest BCUT2D eigenvalue weighted by Crippen LogP contribution is 2.37. The lowest BCUT2D eigenvalue weighted by Crippen LogP contribution is -2.40. The predicted octanol–water partition coefficient (Wildman–Crippen LogP) is 3.67. The maximum Gasteiger partial charge on any atom is 0.264 e. The second-order valence-corrected chi connectivity index (χ2v) is 9.73. The number of hydrazone groups is 1. The van der Waals surface area contributed by atoms with Crippen LogP contribution in [0.25, 0.3) is 0 Å². The molecule has 0 atom stereocenters. The molecule has 3 aromatic rings. The second-order valence-electron chi connectivity index (χ2n) is 7.87. The van der Waals surface area contributed by atoms with Crippen molar-refractivity contribution in [3.05, 3.63) is 77.4 Å². The monoisotopic (exact) mass is 511 g/mol. The summed E-state index contributed by atoms with van der Waals surface area (Å²) in [5, 5.41) is 3.99.